The van der Waals surface area contributed by atoms with Gasteiger partial charge in [-0.3, -0.25) is 0 Å². The molecule has 41 heavy (non-hydrogen) atoms. The lowest BCUT2D eigenvalue weighted by Crippen LogP contribution is -2.38. The molecule has 2 aromatic heterocycles. The molecule has 3 heterocycles. The van der Waals surface area contributed by atoms with Crippen molar-refractivity contribution in [1.82, 2.24) is 4.57 Å². The van der Waals surface area contributed by atoms with Crippen LogP contribution in [0.4, 0.5) is 0 Å². The molecule has 1 saturated heterocycles. The topological polar surface area (TPSA) is 75.2 Å². The summed E-state index contributed by atoms with van der Waals surface area (Å²) in [5, 5.41) is 12.0. The number of nitrogens with zero attached hydrogens (tertiary/aromatic N) is 1. The quantitative estimate of drug-likeness (QED) is 0.158. The minimum absolute atomic E-state index is 0.126. The molecule has 5 aromatic rings. The summed E-state index contributed by atoms with van der Waals surface area (Å²) in [6.45, 7) is 0.126. The number of rotatable bonds is 9. The van der Waals surface area contributed by atoms with E-state index in [1.165, 1.54) is 0 Å². The predicted molar refractivity (Wildman–Crippen MR) is 158 cm³/mol. The lowest BCUT2D eigenvalue weighted by atomic mass is 9.80. The van der Waals surface area contributed by atoms with Gasteiger partial charge in [-0.25, -0.2) is 0 Å². The van der Waals surface area contributed by atoms with E-state index >= 15 is 0 Å². The van der Waals surface area contributed by atoms with Crippen molar-refractivity contribution >= 4 is 23.2 Å². The Morgan fingerprint density at radius 1 is 0.854 bits per heavy atom. The third kappa shape index (κ3) is 5.04. The van der Waals surface area contributed by atoms with Gasteiger partial charge in [0.2, 0.25) is 0 Å². The van der Waals surface area contributed by atoms with E-state index in [0.29, 0.717) is 16.6 Å². The van der Waals surface area contributed by atoms with Crippen molar-refractivity contribution in [2.24, 2.45) is 0 Å². The van der Waals surface area contributed by atoms with Crippen LogP contribution in [0.1, 0.15) is 29.3 Å². The fourth-order valence-electron chi connectivity index (χ4n) is 5.51. The fourth-order valence-corrected chi connectivity index (χ4v) is 5.86. The maximum atomic E-state index is 11.1. The zero-order valence-electron chi connectivity index (χ0n) is 22.8. The highest BCUT2D eigenvalue weighted by Crippen LogP contribution is 2.43. The van der Waals surface area contributed by atoms with Crippen molar-refractivity contribution in [2.45, 2.75) is 30.5 Å². The van der Waals surface area contributed by atoms with Gasteiger partial charge in [-0.1, -0.05) is 66.8 Å². The summed E-state index contributed by atoms with van der Waals surface area (Å²) in [5.41, 5.74) is 2.37. The highest BCUT2D eigenvalue weighted by molar-refractivity contribution is 7.71. The van der Waals surface area contributed by atoms with Crippen LogP contribution < -0.4 is 9.47 Å². The Morgan fingerprint density at radius 3 is 2.07 bits per heavy atom. The van der Waals surface area contributed by atoms with Gasteiger partial charge < -0.3 is 33.0 Å². The normalized spacial score (nSPS) is 19.0. The smallest absolute Gasteiger partial charge is 0.168 e. The molecule has 1 N–H and O–H groups in total. The second-order valence-corrected chi connectivity index (χ2v) is 10.4. The molecule has 0 spiro atoms. The highest BCUT2D eigenvalue weighted by atomic mass is 32.1. The van der Waals surface area contributed by atoms with Gasteiger partial charge in [0.1, 0.15) is 29.4 Å². The molecule has 0 saturated carbocycles. The van der Waals surface area contributed by atoms with Gasteiger partial charge in [0.05, 0.1) is 33.2 Å². The second-order valence-electron chi connectivity index (χ2n) is 9.98. The van der Waals surface area contributed by atoms with Crippen molar-refractivity contribution in [3.05, 3.63) is 125 Å². The number of fused-ring (bicyclic) bond motifs is 1. The van der Waals surface area contributed by atoms with Crippen LogP contribution in [0.5, 0.6) is 11.5 Å². The zero-order valence-corrected chi connectivity index (χ0v) is 23.6. The molecule has 0 unspecified atom stereocenters. The lowest BCUT2D eigenvalue weighted by Gasteiger charge is -2.37. The van der Waals surface area contributed by atoms with Crippen LogP contribution in [0.3, 0.4) is 0 Å². The average Bonchev–Trinajstić information content (AvgIpc) is 3.66. The molecule has 6 rings (SSSR count). The number of benzene rings is 3. The van der Waals surface area contributed by atoms with E-state index in [9.17, 15) is 5.11 Å². The van der Waals surface area contributed by atoms with Crippen LogP contribution in [0, 0.1) is 4.64 Å². The van der Waals surface area contributed by atoms with Crippen LogP contribution in [-0.2, 0) is 15.1 Å². The molecule has 0 radical (unpaired) electrons. The summed E-state index contributed by atoms with van der Waals surface area (Å²) in [5.74, 6) is 1.49. The van der Waals surface area contributed by atoms with E-state index in [1.807, 2.05) is 102 Å². The van der Waals surface area contributed by atoms with Crippen molar-refractivity contribution in [3.8, 4) is 11.5 Å². The van der Waals surface area contributed by atoms with Crippen molar-refractivity contribution < 1.29 is 28.5 Å². The van der Waals surface area contributed by atoms with E-state index in [4.69, 9.17) is 35.6 Å². The average molecular weight is 570 g/mol. The van der Waals surface area contributed by atoms with E-state index in [1.54, 1.807) is 20.5 Å². The van der Waals surface area contributed by atoms with Crippen LogP contribution in [0.2, 0.25) is 0 Å². The number of pyridine rings is 1. The van der Waals surface area contributed by atoms with Gasteiger partial charge in [0, 0.05) is 18.0 Å². The number of hydrogen-bond acceptors (Lipinski definition) is 7. The second kappa shape index (κ2) is 11.5. The third-order valence-corrected chi connectivity index (χ3v) is 8.09. The third-order valence-electron chi connectivity index (χ3n) is 7.69. The standard InChI is InChI=1S/C33H31NO6S/c1-36-26-12-8-24(9-13-26)33(23-6-4-3-5-7-23,25-10-14-27(37-2)15-11-25)39-21-29-28(35)20-30(40-29)34-18-16-22-17-19-38-31(22)32(34)41/h3-19,28-30,35H,20-21H2,1-2H3/t28-,29+,30+/m0/s1. The Balaban J connectivity index is 1.37. The Kier molecular flexibility index (Phi) is 7.64. The van der Waals surface area contributed by atoms with Crippen LogP contribution in [-0.4, -0.2) is 42.7 Å². The minimum Gasteiger partial charge on any atom is -0.497 e. The van der Waals surface area contributed by atoms with Crippen LogP contribution in [0.25, 0.3) is 11.0 Å². The number of furan rings is 1. The Morgan fingerprint density at radius 2 is 1.46 bits per heavy atom. The van der Waals surface area contributed by atoms with Gasteiger partial charge in [-0.05, 0) is 53.1 Å². The van der Waals surface area contributed by atoms with Crippen LogP contribution in [0.15, 0.2) is 108 Å². The largest absolute Gasteiger partial charge is 0.497 e. The highest BCUT2D eigenvalue weighted by Gasteiger charge is 2.42. The molecule has 1 aliphatic rings. The maximum Gasteiger partial charge on any atom is 0.168 e. The number of hydrogen-bond donors (Lipinski definition) is 1. The molecule has 0 aliphatic carbocycles. The van der Waals surface area contributed by atoms with E-state index in [0.717, 1.165) is 33.6 Å². The van der Waals surface area contributed by atoms with E-state index < -0.39 is 24.0 Å². The molecule has 3 atom stereocenters. The summed E-state index contributed by atoms with van der Waals surface area (Å²) >= 11 is 5.67. The SMILES string of the molecule is COc1ccc(C(OC[C@H]2O[C@@H](n3ccc4ccoc4c3=S)C[C@@H]2O)(c2ccccc2)c2ccc(OC)cc2)cc1. The Labute approximate surface area is 243 Å². The molecule has 8 heteroatoms. The van der Waals surface area contributed by atoms with Crippen molar-refractivity contribution in [2.75, 3.05) is 20.8 Å². The van der Waals surface area contributed by atoms with Gasteiger partial charge in [0.15, 0.2) is 10.2 Å². The lowest BCUT2D eigenvalue weighted by molar-refractivity contribution is -0.0939. The summed E-state index contributed by atoms with van der Waals surface area (Å²) in [6.07, 6.45) is 2.08. The van der Waals surface area contributed by atoms with Crippen molar-refractivity contribution in [1.29, 1.82) is 0 Å². The molecule has 1 aliphatic heterocycles. The molecule has 7 nitrogen and oxygen atoms in total. The number of methoxy groups -OCH3 is 2. The number of aliphatic hydroxyl groups excluding tert-OH is 1. The fraction of sp³-hybridized carbons (Fsp3) is 0.242. The van der Waals surface area contributed by atoms with Crippen molar-refractivity contribution in [3.63, 3.8) is 0 Å². The molecule has 1 fully saturated rings. The molecule has 0 bridgehead atoms. The zero-order chi connectivity index (χ0) is 28.4. The first-order chi connectivity index (χ1) is 20.0. The summed E-state index contributed by atoms with van der Waals surface area (Å²) in [6, 6.07) is 29.5. The number of aromatic nitrogens is 1. The Hall–Kier alpha value is -3.95. The van der Waals surface area contributed by atoms with Gasteiger partial charge in [-0.2, -0.15) is 0 Å². The van der Waals surface area contributed by atoms with Gasteiger partial charge >= 0.3 is 0 Å². The summed E-state index contributed by atoms with van der Waals surface area (Å²) in [4.78, 5) is 0. The Bertz CT molecular complexity index is 1620. The van der Waals surface area contributed by atoms with E-state index in [2.05, 4.69) is 0 Å². The molecular weight excluding hydrogens is 538 g/mol. The van der Waals surface area contributed by atoms with Crippen LogP contribution >= 0.6 is 12.2 Å². The molecule has 0 amide bonds. The first kappa shape index (κ1) is 27.2. The van der Waals surface area contributed by atoms with Gasteiger partial charge in [0.25, 0.3) is 0 Å². The molecule has 210 valence electrons. The monoisotopic (exact) mass is 569 g/mol. The van der Waals surface area contributed by atoms with Gasteiger partial charge in [-0.15, -0.1) is 0 Å². The maximum absolute atomic E-state index is 11.1. The first-order valence-corrected chi connectivity index (χ1v) is 13.8. The van der Waals surface area contributed by atoms with E-state index in [-0.39, 0.29) is 6.61 Å². The summed E-state index contributed by atoms with van der Waals surface area (Å²) < 4.78 is 32.1. The number of aliphatic hydroxyl groups is 1. The number of ether oxygens (including phenoxy) is 4. The predicted octanol–water partition coefficient (Wildman–Crippen LogP) is 6.64. The molecule has 3 aromatic carbocycles. The first-order valence-electron chi connectivity index (χ1n) is 13.4. The summed E-state index contributed by atoms with van der Waals surface area (Å²) in [7, 11) is 3.29. The minimum atomic E-state index is -1.01. The molecular formula is C33H31NO6S.